The Labute approximate surface area is 499 Å². The van der Waals surface area contributed by atoms with Crippen LogP contribution in [0.1, 0.15) is 32.1 Å². The Kier molecular flexibility index (Phi) is 34.2. The maximum Gasteiger partial charge on any atom is 1.00 e. The number of unbranched alkanes of at least 4 members (excludes halogenated alkanes) is 1. The Hall–Kier alpha value is 1.83. The molecule has 1 aromatic carbocycles. The summed E-state index contributed by atoms with van der Waals surface area (Å²) in [5, 5.41) is 83.0. The number of aliphatic hydroxyl groups is 6. The predicted molar refractivity (Wildman–Crippen MR) is 217 cm³/mol. The van der Waals surface area contributed by atoms with Crippen molar-refractivity contribution in [2.45, 2.75) is 123 Å². The molecule has 0 saturated carbocycles. The van der Waals surface area contributed by atoms with Gasteiger partial charge in [-0.25, -0.2) is 30.0 Å². The number of carboxylic acids is 1. The first-order valence-electron chi connectivity index (χ1n) is 19.6. The molecule has 3 fully saturated rings. The number of hydrogen-bond donors (Lipinski definition) is 9. The van der Waals surface area contributed by atoms with Crippen molar-refractivity contribution in [1.82, 2.24) is 4.72 Å². The van der Waals surface area contributed by atoms with Crippen LogP contribution in [-0.4, -0.2) is 205 Å². The summed E-state index contributed by atoms with van der Waals surface area (Å²) in [5.74, 6) is -1.42. The van der Waals surface area contributed by atoms with E-state index in [2.05, 4.69) is 19.0 Å². The summed E-state index contributed by atoms with van der Waals surface area (Å²) < 4.78 is 139. The van der Waals surface area contributed by atoms with Gasteiger partial charge in [-0.2, -0.15) is 0 Å². The fourth-order valence-electron chi connectivity index (χ4n) is 6.84. The SMILES string of the molecule is CO[C@H]1[C@H](O)[C@@H](NS(=O)(=O)[O-])[C@@H](O[C@H]2[C@H](O)[C@@H](OS(=O)(=O)[O-])[C@H](OC[C@@H](O)[C@@H](O)[C@H](O)[C@@H](O)CNc3cccc(NC(=O)CCCCC4CCSS4)c3)O[C@H]2C(=O)[O-])O[C@@H]1COS(=O)(=O)[O-].[Na+].[Na+].[Na+].[Na+]. The monoisotopic (exact) mass is 1140 g/mol. The summed E-state index contributed by atoms with van der Waals surface area (Å²) in [6.07, 6.45) is -26.3. The Bertz CT molecular complexity index is 2090. The normalized spacial score (nSPS) is 28.8. The number of benzene rings is 1. The maximum atomic E-state index is 12.5. The summed E-state index contributed by atoms with van der Waals surface area (Å²) in [5.41, 5.74) is 0.783. The number of methoxy groups -OCH3 is 1. The van der Waals surface area contributed by atoms with Crippen LogP contribution in [0, 0.1) is 0 Å². The Balaban J connectivity index is 0.0000119. The minimum Gasteiger partial charge on any atom is -0.735 e. The zero-order valence-electron chi connectivity index (χ0n) is 38.3. The van der Waals surface area contributed by atoms with Crippen molar-refractivity contribution in [1.29, 1.82) is 0 Å². The van der Waals surface area contributed by atoms with E-state index in [9.17, 15) is 84.2 Å². The molecule has 1 unspecified atom stereocenters. The van der Waals surface area contributed by atoms with E-state index in [-0.39, 0.29) is 124 Å². The Morgan fingerprint density at radius 3 is 2.07 bits per heavy atom. The second-order valence-electron chi connectivity index (χ2n) is 14.9. The van der Waals surface area contributed by atoms with Crippen molar-refractivity contribution >= 4 is 75.9 Å². The second kappa shape index (κ2) is 33.3. The molecule has 3 saturated heterocycles. The van der Waals surface area contributed by atoms with Gasteiger partial charge >= 0.3 is 118 Å². The molecule has 0 radical (unpaired) electrons. The average Bonchev–Trinajstić information content (AvgIpc) is 3.75. The van der Waals surface area contributed by atoms with Gasteiger partial charge in [0.15, 0.2) is 29.0 Å². The molecule has 0 spiro atoms. The molecule has 0 aliphatic carbocycles. The molecular weight excluding hydrogens is 1090 g/mol. The molecule has 3 heterocycles. The number of nitrogens with one attached hydrogen (secondary N) is 3. The van der Waals surface area contributed by atoms with Gasteiger partial charge in [0.05, 0.1) is 25.3 Å². The van der Waals surface area contributed by atoms with Crippen LogP contribution in [0.5, 0.6) is 0 Å². The summed E-state index contributed by atoms with van der Waals surface area (Å²) in [6.45, 7) is -3.00. The molecule has 37 heteroatoms. The summed E-state index contributed by atoms with van der Waals surface area (Å²) in [4.78, 5) is 24.8. The number of amides is 1. The number of carbonyl (C=O) groups excluding carboxylic acids is 2. The molecule has 4 rings (SSSR count). The van der Waals surface area contributed by atoms with E-state index < -0.39 is 143 Å². The van der Waals surface area contributed by atoms with Gasteiger partial charge in [0.25, 0.3) is 0 Å². The van der Waals surface area contributed by atoms with Crippen LogP contribution in [0.3, 0.4) is 0 Å². The molecule has 70 heavy (non-hydrogen) atoms. The first-order valence-corrected chi connectivity index (χ1v) is 26.0. The number of rotatable bonds is 26. The topological polar surface area (TPSA) is 451 Å². The summed E-state index contributed by atoms with van der Waals surface area (Å²) >= 11 is 0. The van der Waals surface area contributed by atoms with E-state index in [1.807, 2.05) is 21.6 Å². The largest absolute Gasteiger partial charge is 1.00 e. The smallest absolute Gasteiger partial charge is 0.735 e. The Morgan fingerprint density at radius 2 is 1.50 bits per heavy atom. The molecule has 380 valence electrons. The maximum absolute atomic E-state index is 12.5. The quantitative estimate of drug-likeness (QED) is 0.0137. The minimum absolute atomic E-state index is 0. The van der Waals surface area contributed by atoms with Gasteiger partial charge in [-0.3, -0.25) is 13.2 Å². The van der Waals surface area contributed by atoms with E-state index >= 15 is 0 Å². The number of hydrogen-bond acceptors (Lipinski definition) is 28. The van der Waals surface area contributed by atoms with Gasteiger partial charge in [0.1, 0.15) is 61.0 Å². The van der Waals surface area contributed by atoms with E-state index in [1.54, 1.807) is 18.2 Å². The average molecular weight is 1140 g/mol. The molecule has 0 bridgehead atoms. The van der Waals surface area contributed by atoms with E-state index in [1.165, 1.54) is 10.8 Å². The third-order valence-corrected chi connectivity index (χ3v) is 14.5. The van der Waals surface area contributed by atoms with Crippen LogP contribution in [0.15, 0.2) is 24.3 Å². The summed E-state index contributed by atoms with van der Waals surface area (Å²) in [6, 6.07) is 3.97. The number of anilines is 2. The van der Waals surface area contributed by atoms with Crippen molar-refractivity contribution in [2.75, 3.05) is 43.3 Å². The van der Waals surface area contributed by atoms with Crippen molar-refractivity contribution in [2.24, 2.45) is 0 Å². The van der Waals surface area contributed by atoms with Gasteiger partial charge < -0.3 is 88.5 Å². The van der Waals surface area contributed by atoms with Gasteiger partial charge in [0, 0.05) is 42.5 Å². The van der Waals surface area contributed by atoms with Crippen molar-refractivity contribution in [3.05, 3.63) is 24.3 Å². The molecule has 3 aliphatic rings. The van der Waals surface area contributed by atoms with Gasteiger partial charge in [-0.15, -0.1) is 0 Å². The zero-order chi connectivity index (χ0) is 49.1. The van der Waals surface area contributed by atoms with Crippen LogP contribution in [-0.2, 0) is 72.7 Å². The number of carboxylic acid groups (broad SMARTS) is 1. The van der Waals surface area contributed by atoms with Crippen LogP contribution < -0.4 is 139 Å². The Morgan fingerprint density at radius 1 is 0.857 bits per heavy atom. The molecular formula is C33H49N3Na4O25S5. The molecule has 3 aliphatic heterocycles. The third-order valence-electron chi connectivity index (χ3n) is 10.0. The molecule has 0 aromatic heterocycles. The van der Waals surface area contributed by atoms with Gasteiger partial charge in [-0.1, -0.05) is 34.1 Å². The summed E-state index contributed by atoms with van der Waals surface area (Å²) in [7, 11) is -12.4. The molecule has 15 atom stereocenters. The van der Waals surface area contributed by atoms with Crippen LogP contribution in [0.2, 0.25) is 0 Å². The van der Waals surface area contributed by atoms with Gasteiger partial charge in [-0.05, 0) is 37.5 Å². The standard InChI is InChI=1S/C33H53N3O25S5.4Na/c1-55-27-20(14-57-65(49,50)51)58-32(22(25(27)42)36-64(46,47)48)59-28-26(43)29(61-66(52,53)54)33(60-30(28)31(44)45)56-13-19(38)24(41)23(40)18(37)12-34-15-5-4-6-16(11-15)35-21(39)8-3-2-7-17-9-10-62-63-17;;;;/h4-6,11,17-20,22-30,32-34,36-38,40-43H,2-3,7-10,12-14H2,1H3,(H,35,39)(H,44,45)(H,46,47,48)(H,49,50,51)(H,52,53,54);;;;/q;4*+1/p-4/t17?,18-,19+,20+,22+,23+,24+,25+,26-,27+,28-,29+,30+,32+,33+;;;;/m0..../s1. The fraction of sp³-hybridized carbons (Fsp3) is 0.758. The predicted octanol–water partition coefficient (Wildman–Crippen LogP) is -17.7. The second-order valence-corrected chi connectivity index (χ2v) is 20.9. The van der Waals surface area contributed by atoms with Crippen molar-refractivity contribution < 1.29 is 235 Å². The molecule has 1 aromatic rings. The zero-order valence-corrected chi connectivity index (χ0v) is 50.4. The van der Waals surface area contributed by atoms with Crippen LogP contribution in [0.25, 0.3) is 0 Å². The van der Waals surface area contributed by atoms with Crippen molar-refractivity contribution in [3.8, 4) is 0 Å². The third kappa shape index (κ3) is 23.8. The molecule has 9 N–H and O–H groups in total. The number of aliphatic hydroxyl groups excluding tert-OH is 6. The molecule has 28 nitrogen and oxygen atoms in total. The fourth-order valence-corrected chi connectivity index (χ4v) is 11.2. The molecule has 1 amide bonds. The minimum atomic E-state index is -5.92. The van der Waals surface area contributed by atoms with Crippen LogP contribution in [0.4, 0.5) is 11.4 Å². The van der Waals surface area contributed by atoms with Crippen LogP contribution >= 0.6 is 21.6 Å². The number of carbonyl (C=O) groups is 2. The van der Waals surface area contributed by atoms with Crippen molar-refractivity contribution in [3.63, 3.8) is 0 Å². The first-order chi connectivity index (χ1) is 30.8. The first kappa shape index (κ1) is 71.8. The van der Waals surface area contributed by atoms with E-state index in [0.717, 1.165) is 32.1 Å². The van der Waals surface area contributed by atoms with E-state index in [0.29, 0.717) is 29.5 Å². The van der Waals surface area contributed by atoms with Gasteiger partial charge in [0.2, 0.25) is 26.7 Å². The van der Waals surface area contributed by atoms with E-state index in [4.69, 9.17) is 23.7 Å². The number of ether oxygens (including phenoxy) is 5. The number of aliphatic carboxylic acids is 1.